The van der Waals surface area contributed by atoms with Crippen LogP contribution in [0, 0.1) is 19.9 Å². The van der Waals surface area contributed by atoms with E-state index in [4.69, 9.17) is 0 Å². The van der Waals surface area contributed by atoms with Gasteiger partial charge in [-0.25, -0.2) is 0 Å². The SMILES string of the molecule is Cc1ccc(-c2cc[c]c(CCO)c2-c2ccc(C)cc2)cc1. The lowest BCUT2D eigenvalue weighted by molar-refractivity contribution is 0.299. The maximum atomic E-state index is 9.41. The van der Waals surface area contributed by atoms with Gasteiger partial charge >= 0.3 is 0 Å². The Morgan fingerprint density at radius 3 is 1.91 bits per heavy atom. The van der Waals surface area contributed by atoms with E-state index in [9.17, 15) is 5.11 Å². The fourth-order valence-electron chi connectivity index (χ4n) is 2.88. The molecule has 3 aromatic rings. The molecule has 0 saturated carbocycles. The summed E-state index contributed by atoms with van der Waals surface area (Å²) < 4.78 is 0. The summed E-state index contributed by atoms with van der Waals surface area (Å²) in [4.78, 5) is 0. The molecule has 0 aliphatic rings. The minimum Gasteiger partial charge on any atom is -0.396 e. The second-order valence-electron chi connectivity index (χ2n) is 5.95. The minimum atomic E-state index is 0.132. The molecule has 3 aromatic carbocycles. The topological polar surface area (TPSA) is 20.2 Å². The first-order valence-corrected chi connectivity index (χ1v) is 7.97. The van der Waals surface area contributed by atoms with Gasteiger partial charge in [0.15, 0.2) is 0 Å². The van der Waals surface area contributed by atoms with E-state index in [1.807, 2.05) is 6.07 Å². The van der Waals surface area contributed by atoms with Gasteiger partial charge in [0.25, 0.3) is 0 Å². The lowest BCUT2D eigenvalue weighted by atomic mass is 9.89. The summed E-state index contributed by atoms with van der Waals surface area (Å²) in [6.45, 7) is 4.32. The van der Waals surface area contributed by atoms with E-state index in [1.165, 1.54) is 33.4 Å². The lowest BCUT2D eigenvalue weighted by Crippen LogP contribution is -1.97. The molecule has 0 fully saturated rings. The van der Waals surface area contributed by atoms with Gasteiger partial charge in [0, 0.05) is 6.61 Å². The first kappa shape index (κ1) is 15.5. The summed E-state index contributed by atoms with van der Waals surface area (Å²) in [6.07, 6.45) is 0.614. The van der Waals surface area contributed by atoms with Crippen LogP contribution in [0.5, 0.6) is 0 Å². The van der Waals surface area contributed by atoms with E-state index in [2.05, 4.69) is 74.5 Å². The third kappa shape index (κ3) is 3.35. The largest absolute Gasteiger partial charge is 0.396 e. The Balaban J connectivity index is 2.21. The molecule has 3 rings (SSSR count). The summed E-state index contributed by atoms with van der Waals surface area (Å²) in [5.74, 6) is 0. The Morgan fingerprint density at radius 1 is 0.783 bits per heavy atom. The molecule has 23 heavy (non-hydrogen) atoms. The van der Waals surface area contributed by atoms with Crippen molar-refractivity contribution in [2.45, 2.75) is 20.3 Å². The van der Waals surface area contributed by atoms with Crippen LogP contribution in [0.3, 0.4) is 0 Å². The zero-order chi connectivity index (χ0) is 16.2. The number of aliphatic hydroxyl groups is 1. The molecule has 0 unspecified atom stereocenters. The van der Waals surface area contributed by atoms with Crippen molar-refractivity contribution in [1.29, 1.82) is 0 Å². The second kappa shape index (κ2) is 6.80. The highest BCUT2D eigenvalue weighted by molar-refractivity contribution is 5.85. The Hall–Kier alpha value is -2.38. The zero-order valence-electron chi connectivity index (χ0n) is 13.6. The molecule has 1 nitrogen and oxygen atoms in total. The molecule has 0 amide bonds. The maximum absolute atomic E-state index is 9.41. The number of hydrogen-bond acceptors (Lipinski definition) is 1. The molecular formula is C22H21O. The van der Waals surface area contributed by atoms with E-state index in [0.717, 1.165) is 5.56 Å². The quantitative estimate of drug-likeness (QED) is 0.721. The number of aliphatic hydroxyl groups excluding tert-OH is 1. The monoisotopic (exact) mass is 301 g/mol. The molecule has 0 atom stereocenters. The predicted octanol–water partition coefficient (Wildman–Crippen LogP) is 4.97. The van der Waals surface area contributed by atoms with Crippen LogP contribution in [0.15, 0.2) is 60.7 Å². The number of aryl methyl sites for hydroxylation is 2. The summed E-state index contributed by atoms with van der Waals surface area (Å²) >= 11 is 0. The number of rotatable bonds is 4. The molecule has 0 heterocycles. The van der Waals surface area contributed by atoms with Crippen LogP contribution < -0.4 is 0 Å². The Morgan fingerprint density at radius 2 is 1.35 bits per heavy atom. The van der Waals surface area contributed by atoms with Gasteiger partial charge in [-0.2, -0.15) is 0 Å². The third-order valence-corrected chi connectivity index (χ3v) is 4.14. The van der Waals surface area contributed by atoms with E-state index in [1.54, 1.807) is 0 Å². The van der Waals surface area contributed by atoms with E-state index in [0.29, 0.717) is 6.42 Å². The average molecular weight is 301 g/mol. The van der Waals surface area contributed by atoms with E-state index < -0.39 is 0 Å². The smallest absolute Gasteiger partial charge is 0.0471 e. The normalized spacial score (nSPS) is 10.7. The highest BCUT2D eigenvalue weighted by Crippen LogP contribution is 2.35. The van der Waals surface area contributed by atoms with Crippen molar-refractivity contribution in [3.8, 4) is 22.3 Å². The van der Waals surface area contributed by atoms with Crippen molar-refractivity contribution in [2.24, 2.45) is 0 Å². The van der Waals surface area contributed by atoms with Gasteiger partial charge in [0.1, 0.15) is 0 Å². The molecule has 1 N–H and O–H groups in total. The summed E-state index contributed by atoms with van der Waals surface area (Å²) in [5, 5.41) is 9.41. The van der Waals surface area contributed by atoms with Gasteiger partial charge in [-0.05, 0) is 54.2 Å². The third-order valence-electron chi connectivity index (χ3n) is 4.14. The molecule has 0 aliphatic heterocycles. The molecule has 0 aliphatic carbocycles. The number of benzene rings is 3. The van der Waals surface area contributed by atoms with Gasteiger partial charge in [0.2, 0.25) is 0 Å². The van der Waals surface area contributed by atoms with Crippen molar-refractivity contribution >= 4 is 0 Å². The van der Waals surface area contributed by atoms with Crippen LogP contribution >= 0.6 is 0 Å². The van der Waals surface area contributed by atoms with Crippen LogP contribution in [0.1, 0.15) is 16.7 Å². The summed E-state index contributed by atoms with van der Waals surface area (Å²) in [7, 11) is 0. The zero-order valence-corrected chi connectivity index (χ0v) is 13.6. The standard InChI is InChI=1S/C22H21O/c1-16-6-10-18(11-7-16)21-5-3-4-19(14-15-23)22(21)20-12-8-17(2)9-13-20/h3,5-13,23H,14-15H2,1-2H3. The first-order valence-electron chi connectivity index (χ1n) is 7.97. The fraction of sp³-hybridized carbons (Fsp3) is 0.182. The van der Waals surface area contributed by atoms with Crippen LogP contribution in [0.25, 0.3) is 22.3 Å². The van der Waals surface area contributed by atoms with Crippen molar-refractivity contribution in [2.75, 3.05) is 6.61 Å². The second-order valence-corrected chi connectivity index (χ2v) is 5.95. The van der Waals surface area contributed by atoms with Crippen LogP contribution in [-0.2, 0) is 6.42 Å². The molecule has 1 heteroatoms. The molecule has 0 spiro atoms. The van der Waals surface area contributed by atoms with Gasteiger partial charge in [-0.15, -0.1) is 0 Å². The molecule has 0 saturated heterocycles. The molecule has 115 valence electrons. The average Bonchev–Trinajstić information content (AvgIpc) is 2.57. The summed E-state index contributed by atoms with van der Waals surface area (Å²) in [5.41, 5.74) is 8.29. The molecule has 1 radical (unpaired) electrons. The van der Waals surface area contributed by atoms with Crippen molar-refractivity contribution < 1.29 is 5.11 Å². The lowest BCUT2D eigenvalue weighted by Gasteiger charge is -2.15. The van der Waals surface area contributed by atoms with Gasteiger partial charge in [0.05, 0.1) is 0 Å². The van der Waals surface area contributed by atoms with Gasteiger partial charge in [-0.3, -0.25) is 0 Å². The van der Waals surface area contributed by atoms with Crippen LogP contribution in [0.4, 0.5) is 0 Å². The maximum Gasteiger partial charge on any atom is 0.0471 e. The van der Waals surface area contributed by atoms with Crippen LogP contribution in [-0.4, -0.2) is 11.7 Å². The highest BCUT2D eigenvalue weighted by Gasteiger charge is 2.12. The fourth-order valence-corrected chi connectivity index (χ4v) is 2.88. The van der Waals surface area contributed by atoms with Crippen molar-refractivity contribution in [1.82, 2.24) is 0 Å². The summed E-state index contributed by atoms with van der Waals surface area (Å²) in [6, 6.07) is 24.5. The molecule has 0 bridgehead atoms. The Bertz CT molecular complexity index is 783. The van der Waals surface area contributed by atoms with E-state index >= 15 is 0 Å². The first-order chi connectivity index (χ1) is 11.2. The van der Waals surface area contributed by atoms with Crippen molar-refractivity contribution in [3.63, 3.8) is 0 Å². The Kier molecular flexibility index (Phi) is 4.59. The molecule has 0 aromatic heterocycles. The van der Waals surface area contributed by atoms with Crippen molar-refractivity contribution in [3.05, 3.63) is 83.4 Å². The number of hydrogen-bond donors (Lipinski definition) is 1. The Labute approximate surface area is 138 Å². The highest BCUT2D eigenvalue weighted by atomic mass is 16.2. The van der Waals surface area contributed by atoms with Gasteiger partial charge < -0.3 is 5.11 Å². The van der Waals surface area contributed by atoms with Gasteiger partial charge in [-0.1, -0.05) is 71.8 Å². The minimum absolute atomic E-state index is 0.132. The van der Waals surface area contributed by atoms with Crippen LogP contribution in [0.2, 0.25) is 0 Å². The molecular weight excluding hydrogens is 280 g/mol. The predicted molar refractivity (Wildman–Crippen MR) is 96.4 cm³/mol. The van der Waals surface area contributed by atoms with E-state index in [-0.39, 0.29) is 6.61 Å².